The van der Waals surface area contributed by atoms with Gasteiger partial charge >= 0.3 is 0 Å². The maximum Gasteiger partial charge on any atom is 0.255 e. The van der Waals surface area contributed by atoms with Crippen molar-refractivity contribution in [3.05, 3.63) is 53.1 Å². The third-order valence-electron chi connectivity index (χ3n) is 4.78. The van der Waals surface area contributed by atoms with E-state index >= 15 is 0 Å². The molecule has 1 atom stereocenters. The predicted molar refractivity (Wildman–Crippen MR) is 93.6 cm³/mol. The molecular formula is C20H21NO4. The Morgan fingerprint density at radius 1 is 1.16 bits per heavy atom. The Balaban J connectivity index is 1.61. The van der Waals surface area contributed by atoms with Gasteiger partial charge in [0.1, 0.15) is 19.0 Å². The van der Waals surface area contributed by atoms with E-state index in [1.165, 1.54) is 5.56 Å². The lowest BCUT2D eigenvalue weighted by atomic mass is 9.87. The molecule has 0 aromatic heterocycles. The molecule has 0 bridgehead atoms. The minimum Gasteiger partial charge on any atom is -0.496 e. The van der Waals surface area contributed by atoms with Crippen molar-refractivity contribution in [2.24, 2.45) is 0 Å². The number of benzene rings is 2. The van der Waals surface area contributed by atoms with Crippen LogP contribution >= 0.6 is 0 Å². The number of rotatable bonds is 3. The number of para-hydroxylation sites is 1. The Morgan fingerprint density at radius 3 is 2.72 bits per heavy atom. The summed E-state index contributed by atoms with van der Waals surface area (Å²) in [5.74, 6) is 2.04. The van der Waals surface area contributed by atoms with Crippen molar-refractivity contribution in [3.63, 3.8) is 0 Å². The fourth-order valence-electron chi connectivity index (χ4n) is 3.56. The number of aryl methyl sites for hydroxylation is 1. The number of carbonyl (C=O) groups excluding carboxylic acids is 1. The molecule has 5 nitrogen and oxygen atoms in total. The number of hydrogen-bond donors (Lipinski definition) is 1. The molecule has 0 spiro atoms. The molecule has 0 saturated carbocycles. The van der Waals surface area contributed by atoms with Crippen molar-refractivity contribution in [2.45, 2.75) is 25.3 Å². The van der Waals surface area contributed by atoms with E-state index in [9.17, 15) is 4.79 Å². The first kappa shape index (κ1) is 15.8. The average Bonchev–Trinajstić information content (AvgIpc) is 2.66. The van der Waals surface area contributed by atoms with Crippen LogP contribution in [0.15, 0.2) is 36.4 Å². The maximum atomic E-state index is 12.7. The summed E-state index contributed by atoms with van der Waals surface area (Å²) in [5, 5.41) is 3.16. The molecule has 2 aromatic rings. The lowest BCUT2D eigenvalue weighted by Crippen LogP contribution is -2.31. The van der Waals surface area contributed by atoms with E-state index in [1.807, 2.05) is 18.2 Å². The minimum absolute atomic E-state index is 0.0306. The lowest BCUT2D eigenvalue weighted by molar-refractivity contribution is 0.0929. The molecule has 0 saturated heterocycles. The molecule has 1 N–H and O–H groups in total. The van der Waals surface area contributed by atoms with Crippen LogP contribution < -0.4 is 19.5 Å². The van der Waals surface area contributed by atoms with Gasteiger partial charge < -0.3 is 19.5 Å². The van der Waals surface area contributed by atoms with Gasteiger partial charge in [-0.2, -0.15) is 0 Å². The first-order valence-electron chi connectivity index (χ1n) is 8.62. The van der Waals surface area contributed by atoms with Gasteiger partial charge in [-0.05, 0) is 54.7 Å². The Labute approximate surface area is 146 Å². The van der Waals surface area contributed by atoms with Crippen LogP contribution in [0.2, 0.25) is 0 Å². The van der Waals surface area contributed by atoms with Crippen molar-refractivity contribution in [1.82, 2.24) is 5.32 Å². The van der Waals surface area contributed by atoms with Crippen molar-refractivity contribution in [1.29, 1.82) is 0 Å². The second-order valence-electron chi connectivity index (χ2n) is 6.31. The zero-order valence-corrected chi connectivity index (χ0v) is 14.2. The largest absolute Gasteiger partial charge is 0.496 e. The summed E-state index contributed by atoms with van der Waals surface area (Å²) in [5.41, 5.74) is 2.90. The highest BCUT2D eigenvalue weighted by Crippen LogP contribution is 2.39. The van der Waals surface area contributed by atoms with Gasteiger partial charge in [0.15, 0.2) is 11.5 Å². The van der Waals surface area contributed by atoms with Crippen LogP contribution in [0.5, 0.6) is 17.2 Å². The summed E-state index contributed by atoms with van der Waals surface area (Å²) in [6.07, 6.45) is 2.93. The second kappa shape index (κ2) is 6.67. The molecule has 2 aromatic carbocycles. The number of fused-ring (bicyclic) bond motifs is 2. The first-order valence-corrected chi connectivity index (χ1v) is 8.62. The van der Waals surface area contributed by atoms with Crippen LogP contribution in [0.3, 0.4) is 0 Å². The van der Waals surface area contributed by atoms with Gasteiger partial charge in [0.05, 0.1) is 18.7 Å². The van der Waals surface area contributed by atoms with Crippen LogP contribution in [-0.2, 0) is 6.42 Å². The van der Waals surface area contributed by atoms with Crippen molar-refractivity contribution >= 4 is 5.91 Å². The molecule has 25 heavy (non-hydrogen) atoms. The zero-order chi connectivity index (χ0) is 17.2. The molecule has 0 radical (unpaired) electrons. The summed E-state index contributed by atoms with van der Waals surface area (Å²) in [6.45, 7) is 1.14. The van der Waals surface area contributed by atoms with E-state index < -0.39 is 0 Å². The summed E-state index contributed by atoms with van der Waals surface area (Å²) in [4.78, 5) is 12.7. The average molecular weight is 339 g/mol. The highest BCUT2D eigenvalue weighted by Gasteiger charge is 2.26. The summed E-state index contributed by atoms with van der Waals surface area (Å²) in [7, 11) is 1.58. The van der Waals surface area contributed by atoms with Gasteiger partial charge in [-0.25, -0.2) is 0 Å². The number of methoxy groups -OCH3 is 1. The van der Waals surface area contributed by atoms with Gasteiger partial charge in [-0.1, -0.05) is 12.1 Å². The van der Waals surface area contributed by atoms with E-state index in [1.54, 1.807) is 19.2 Å². The Kier molecular flexibility index (Phi) is 4.22. The van der Waals surface area contributed by atoms with E-state index in [0.717, 1.165) is 36.3 Å². The Bertz CT molecular complexity index is 802. The van der Waals surface area contributed by atoms with E-state index in [-0.39, 0.29) is 11.9 Å². The predicted octanol–water partition coefficient (Wildman–Crippen LogP) is 3.27. The number of nitrogens with one attached hydrogen (secondary N) is 1. The number of hydrogen-bond acceptors (Lipinski definition) is 4. The van der Waals surface area contributed by atoms with Crippen LogP contribution in [0.4, 0.5) is 0 Å². The third kappa shape index (κ3) is 3.02. The van der Waals surface area contributed by atoms with Crippen molar-refractivity contribution in [2.75, 3.05) is 20.3 Å². The summed E-state index contributed by atoms with van der Waals surface area (Å²) in [6, 6.07) is 11.3. The van der Waals surface area contributed by atoms with Gasteiger partial charge in [-0.3, -0.25) is 4.79 Å². The van der Waals surface area contributed by atoms with Crippen molar-refractivity contribution < 1.29 is 19.0 Å². The zero-order valence-electron chi connectivity index (χ0n) is 14.2. The second-order valence-corrected chi connectivity index (χ2v) is 6.31. The number of amides is 1. The number of carbonyl (C=O) groups is 1. The SMILES string of the molecule is COc1ccccc1C(=O)NC1CCCc2cc3c(cc21)OCCO3. The lowest BCUT2D eigenvalue weighted by Gasteiger charge is -2.29. The standard InChI is InChI=1S/C20H21NO4/c1-23-17-8-3-2-6-14(17)20(22)21-16-7-4-5-13-11-18-19(12-15(13)16)25-10-9-24-18/h2-3,6,8,11-12,16H,4-5,7,9-10H2,1H3,(H,21,22). The molecule has 4 rings (SSSR count). The van der Waals surface area contributed by atoms with E-state index in [2.05, 4.69) is 11.4 Å². The van der Waals surface area contributed by atoms with Crippen LogP contribution in [0, 0.1) is 0 Å². The molecule has 0 fully saturated rings. The third-order valence-corrected chi connectivity index (χ3v) is 4.78. The quantitative estimate of drug-likeness (QED) is 0.932. The van der Waals surface area contributed by atoms with Crippen LogP contribution in [0.25, 0.3) is 0 Å². The molecule has 2 aliphatic rings. The van der Waals surface area contributed by atoms with E-state index in [4.69, 9.17) is 14.2 Å². The van der Waals surface area contributed by atoms with Gasteiger partial charge in [-0.15, -0.1) is 0 Å². The molecule has 1 amide bonds. The van der Waals surface area contributed by atoms with Crippen LogP contribution in [0.1, 0.15) is 40.4 Å². The van der Waals surface area contributed by atoms with Crippen molar-refractivity contribution in [3.8, 4) is 17.2 Å². The molecule has 1 aliphatic heterocycles. The van der Waals surface area contributed by atoms with Crippen LogP contribution in [-0.4, -0.2) is 26.2 Å². The fraction of sp³-hybridized carbons (Fsp3) is 0.350. The number of ether oxygens (including phenoxy) is 3. The fourth-order valence-corrected chi connectivity index (χ4v) is 3.56. The molecule has 1 aliphatic carbocycles. The normalized spacial score (nSPS) is 18.2. The first-order chi connectivity index (χ1) is 12.3. The maximum absolute atomic E-state index is 12.7. The molecule has 1 unspecified atom stereocenters. The summed E-state index contributed by atoms with van der Waals surface area (Å²) >= 11 is 0. The van der Waals surface area contributed by atoms with E-state index in [0.29, 0.717) is 24.5 Å². The molecule has 1 heterocycles. The topological polar surface area (TPSA) is 56.8 Å². The highest BCUT2D eigenvalue weighted by atomic mass is 16.6. The molecule has 130 valence electrons. The van der Waals surface area contributed by atoms with Gasteiger partial charge in [0, 0.05) is 0 Å². The molecule has 5 heteroatoms. The monoisotopic (exact) mass is 339 g/mol. The van der Waals surface area contributed by atoms with Gasteiger partial charge in [0.2, 0.25) is 0 Å². The Hall–Kier alpha value is -2.69. The highest BCUT2D eigenvalue weighted by molar-refractivity contribution is 5.97. The summed E-state index contributed by atoms with van der Waals surface area (Å²) < 4.78 is 16.7. The minimum atomic E-state index is -0.120. The Morgan fingerprint density at radius 2 is 1.92 bits per heavy atom. The van der Waals surface area contributed by atoms with Gasteiger partial charge in [0.25, 0.3) is 5.91 Å². The smallest absolute Gasteiger partial charge is 0.255 e. The molecular weight excluding hydrogens is 318 g/mol.